The molecule has 1 aromatic rings. The van der Waals surface area contributed by atoms with Crippen LogP contribution in [0.5, 0.6) is 0 Å². The lowest BCUT2D eigenvalue weighted by Gasteiger charge is -1.97. The van der Waals surface area contributed by atoms with Crippen molar-refractivity contribution >= 4 is 6.21 Å². The molecule has 0 heterocycles. The van der Waals surface area contributed by atoms with Crippen molar-refractivity contribution in [2.75, 3.05) is 0 Å². The first-order chi connectivity index (χ1) is 7.43. The molecule has 1 rings (SSSR count). The van der Waals surface area contributed by atoms with Gasteiger partial charge in [0.2, 0.25) is 0 Å². The zero-order chi connectivity index (χ0) is 10.8. The second-order valence-corrected chi connectivity index (χ2v) is 3.03. The van der Waals surface area contributed by atoms with E-state index in [0.717, 1.165) is 18.4 Å². The minimum absolute atomic E-state index is 0.522. The van der Waals surface area contributed by atoms with E-state index in [9.17, 15) is 0 Å². The van der Waals surface area contributed by atoms with Crippen LogP contribution in [0.2, 0.25) is 0 Å². The summed E-state index contributed by atoms with van der Waals surface area (Å²) in [6.07, 6.45) is 5.40. The molecule has 0 bridgehead atoms. The lowest BCUT2D eigenvalue weighted by molar-refractivity contribution is 0.131. The van der Waals surface area contributed by atoms with E-state index in [-0.39, 0.29) is 0 Å². The molecule has 0 radical (unpaired) electrons. The average Bonchev–Trinajstić information content (AvgIpc) is 2.29. The summed E-state index contributed by atoms with van der Waals surface area (Å²) in [4.78, 5) is 5.12. The van der Waals surface area contributed by atoms with Gasteiger partial charge in [-0.2, -0.15) is 0 Å². The molecule has 0 N–H and O–H groups in total. The third-order valence-electron chi connectivity index (χ3n) is 1.81. The molecule has 0 spiro atoms. The first kappa shape index (κ1) is 11.3. The van der Waals surface area contributed by atoms with Crippen LogP contribution in [-0.4, -0.2) is 6.21 Å². The summed E-state index contributed by atoms with van der Waals surface area (Å²) in [5, 5.41) is 3.85. The SMILES string of the molecule is C=C=CCC/C=N/OCc1ccccc1. The minimum atomic E-state index is 0.522. The summed E-state index contributed by atoms with van der Waals surface area (Å²) in [5.74, 6) is 0. The lowest BCUT2D eigenvalue weighted by Crippen LogP contribution is -1.86. The zero-order valence-corrected chi connectivity index (χ0v) is 8.73. The van der Waals surface area contributed by atoms with E-state index in [0.29, 0.717) is 6.61 Å². The van der Waals surface area contributed by atoms with Crippen molar-refractivity contribution in [2.24, 2.45) is 5.16 Å². The van der Waals surface area contributed by atoms with Gasteiger partial charge in [-0.15, -0.1) is 5.73 Å². The van der Waals surface area contributed by atoms with Crippen molar-refractivity contribution in [3.05, 3.63) is 54.3 Å². The smallest absolute Gasteiger partial charge is 0.142 e. The molecule has 78 valence electrons. The van der Waals surface area contributed by atoms with E-state index < -0.39 is 0 Å². The quantitative estimate of drug-likeness (QED) is 0.299. The van der Waals surface area contributed by atoms with E-state index in [4.69, 9.17) is 4.84 Å². The normalized spacial score (nSPS) is 9.87. The Morgan fingerprint density at radius 2 is 2.07 bits per heavy atom. The summed E-state index contributed by atoms with van der Waals surface area (Å²) in [6, 6.07) is 9.97. The Labute approximate surface area is 90.6 Å². The Hall–Kier alpha value is -1.79. The largest absolute Gasteiger partial charge is 0.391 e. The summed E-state index contributed by atoms with van der Waals surface area (Å²) in [5.41, 5.74) is 3.83. The first-order valence-electron chi connectivity index (χ1n) is 4.95. The lowest BCUT2D eigenvalue weighted by atomic mass is 10.2. The first-order valence-corrected chi connectivity index (χ1v) is 4.95. The van der Waals surface area contributed by atoms with Gasteiger partial charge in [0.05, 0.1) is 0 Å². The highest BCUT2D eigenvalue weighted by Gasteiger charge is 1.88. The van der Waals surface area contributed by atoms with Crippen molar-refractivity contribution in [2.45, 2.75) is 19.4 Å². The van der Waals surface area contributed by atoms with Crippen molar-refractivity contribution < 1.29 is 4.84 Å². The maximum absolute atomic E-state index is 5.12. The van der Waals surface area contributed by atoms with Crippen LogP contribution in [0, 0.1) is 0 Å². The molecular weight excluding hydrogens is 186 g/mol. The Morgan fingerprint density at radius 3 is 2.80 bits per heavy atom. The number of hydrogen-bond acceptors (Lipinski definition) is 2. The zero-order valence-electron chi connectivity index (χ0n) is 8.73. The second-order valence-electron chi connectivity index (χ2n) is 3.03. The van der Waals surface area contributed by atoms with Gasteiger partial charge >= 0.3 is 0 Å². The van der Waals surface area contributed by atoms with Gasteiger partial charge in [0.1, 0.15) is 6.61 Å². The molecule has 0 unspecified atom stereocenters. The predicted molar refractivity (Wildman–Crippen MR) is 62.7 cm³/mol. The van der Waals surface area contributed by atoms with Crippen LogP contribution in [0.25, 0.3) is 0 Å². The maximum atomic E-state index is 5.12. The molecule has 0 fully saturated rings. The third-order valence-corrected chi connectivity index (χ3v) is 1.81. The molecule has 0 aliphatic rings. The summed E-state index contributed by atoms with van der Waals surface area (Å²) >= 11 is 0. The Balaban J connectivity index is 2.13. The fourth-order valence-electron chi connectivity index (χ4n) is 1.05. The number of unbranched alkanes of at least 4 members (excludes halogenated alkanes) is 1. The number of oxime groups is 1. The fraction of sp³-hybridized carbons (Fsp3) is 0.231. The van der Waals surface area contributed by atoms with Gasteiger partial charge in [-0.25, -0.2) is 0 Å². The number of hydrogen-bond donors (Lipinski definition) is 0. The second kappa shape index (κ2) is 7.60. The van der Waals surface area contributed by atoms with E-state index in [1.54, 1.807) is 6.21 Å². The van der Waals surface area contributed by atoms with Crippen LogP contribution in [0.3, 0.4) is 0 Å². The number of allylic oxidation sites excluding steroid dienone is 1. The van der Waals surface area contributed by atoms with Gasteiger partial charge in [0.15, 0.2) is 0 Å². The molecule has 0 aromatic heterocycles. The predicted octanol–water partition coefficient (Wildman–Crippen LogP) is 3.31. The molecule has 0 atom stereocenters. The fourth-order valence-corrected chi connectivity index (χ4v) is 1.05. The highest BCUT2D eigenvalue weighted by molar-refractivity contribution is 5.56. The van der Waals surface area contributed by atoms with E-state index in [1.807, 2.05) is 36.4 Å². The van der Waals surface area contributed by atoms with E-state index in [2.05, 4.69) is 17.5 Å². The van der Waals surface area contributed by atoms with Crippen molar-refractivity contribution in [3.63, 3.8) is 0 Å². The molecule has 0 aliphatic heterocycles. The molecule has 0 saturated heterocycles. The van der Waals surface area contributed by atoms with Gasteiger partial charge in [-0.3, -0.25) is 0 Å². The molecule has 0 amide bonds. The molecule has 1 aromatic carbocycles. The minimum Gasteiger partial charge on any atom is -0.391 e. The van der Waals surface area contributed by atoms with Gasteiger partial charge in [-0.05, 0) is 24.5 Å². The van der Waals surface area contributed by atoms with Gasteiger partial charge in [-0.1, -0.05) is 42.1 Å². The topological polar surface area (TPSA) is 21.6 Å². The maximum Gasteiger partial charge on any atom is 0.142 e. The van der Waals surface area contributed by atoms with Crippen LogP contribution in [0.4, 0.5) is 0 Å². The Kier molecular flexibility index (Phi) is 5.72. The van der Waals surface area contributed by atoms with Crippen LogP contribution >= 0.6 is 0 Å². The van der Waals surface area contributed by atoms with E-state index >= 15 is 0 Å². The number of benzene rings is 1. The van der Waals surface area contributed by atoms with Crippen molar-refractivity contribution in [1.82, 2.24) is 0 Å². The number of rotatable bonds is 6. The van der Waals surface area contributed by atoms with Crippen molar-refractivity contribution in [3.8, 4) is 0 Å². The Morgan fingerprint density at radius 1 is 1.27 bits per heavy atom. The molecule has 0 aliphatic carbocycles. The van der Waals surface area contributed by atoms with Gasteiger partial charge in [0, 0.05) is 6.21 Å². The van der Waals surface area contributed by atoms with Gasteiger partial charge in [0.25, 0.3) is 0 Å². The van der Waals surface area contributed by atoms with Crippen LogP contribution in [-0.2, 0) is 11.4 Å². The summed E-state index contributed by atoms with van der Waals surface area (Å²) in [7, 11) is 0. The molecule has 15 heavy (non-hydrogen) atoms. The Bertz CT molecular complexity index is 337. The third kappa shape index (κ3) is 5.50. The van der Waals surface area contributed by atoms with Gasteiger partial charge < -0.3 is 4.84 Å². The standard InChI is InChI=1S/C13H15NO/c1-2-3-4-8-11-14-15-12-13-9-6-5-7-10-13/h3,5-7,9-11H,1,4,8,12H2/b14-11+. The van der Waals surface area contributed by atoms with E-state index in [1.165, 1.54) is 0 Å². The van der Waals surface area contributed by atoms with Crippen LogP contribution < -0.4 is 0 Å². The molecule has 2 nitrogen and oxygen atoms in total. The molecular formula is C13H15NO. The number of nitrogens with zero attached hydrogens (tertiary/aromatic N) is 1. The highest BCUT2D eigenvalue weighted by atomic mass is 16.6. The molecule has 0 saturated carbocycles. The van der Waals surface area contributed by atoms with Crippen LogP contribution in [0.1, 0.15) is 18.4 Å². The van der Waals surface area contributed by atoms with Crippen LogP contribution in [0.15, 0.2) is 53.9 Å². The molecule has 2 heteroatoms. The van der Waals surface area contributed by atoms with Crippen molar-refractivity contribution in [1.29, 1.82) is 0 Å². The average molecular weight is 201 g/mol. The highest BCUT2D eigenvalue weighted by Crippen LogP contribution is 2.00. The monoisotopic (exact) mass is 201 g/mol. The summed E-state index contributed by atoms with van der Waals surface area (Å²) in [6.45, 7) is 4.00. The summed E-state index contributed by atoms with van der Waals surface area (Å²) < 4.78 is 0.